The van der Waals surface area contributed by atoms with Crippen molar-refractivity contribution < 1.29 is 18.0 Å². The van der Waals surface area contributed by atoms with Gasteiger partial charge in [-0.3, -0.25) is 4.79 Å². The van der Waals surface area contributed by atoms with Gasteiger partial charge in [0.2, 0.25) is 5.91 Å². The van der Waals surface area contributed by atoms with Crippen LogP contribution in [0.15, 0.2) is 18.2 Å². The standard InChI is InChI=1S/C11H11F3N2O/c12-11(13,14)8-2-1-7-3-4-16(9(7)5-8)10(17)6-15/h1-2,5H,3-4,6,15H2. The molecule has 1 aliphatic rings. The number of alkyl halides is 3. The molecule has 0 radical (unpaired) electrons. The van der Waals surface area contributed by atoms with Crippen molar-refractivity contribution in [1.82, 2.24) is 0 Å². The van der Waals surface area contributed by atoms with Crippen LogP contribution in [0.4, 0.5) is 18.9 Å². The van der Waals surface area contributed by atoms with Crippen LogP contribution in [0.1, 0.15) is 11.1 Å². The topological polar surface area (TPSA) is 46.3 Å². The number of nitrogens with two attached hydrogens (primary N) is 1. The summed E-state index contributed by atoms with van der Waals surface area (Å²) in [5.41, 5.74) is 5.56. The third kappa shape index (κ3) is 2.12. The molecule has 6 heteroatoms. The Hall–Kier alpha value is -1.56. The van der Waals surface area contributed by atoms with Crippen molar-refractivity contribution in [3.05, 3.63) is 29.3 Å². The number of amides is 1. The molecule has 0 fully saturated rings. The Kier molecular flexibility index (Phi) is 2.82. The number of hydrogen-bond acceptors (Lipinski definition) is 2. The summed E-state index contributed by atoms with van der Waals surface area (Å²) in [6.45, 7) is 0.197. The Morgan fingerprint density at radius 1 is 1.41 bits per heavy atom. The molecule has 2 rings (SSSR count). The summed E-state index contributed by atoms with van der Waals surface area (Å²) in [6, 6.07) is 3.47. The quantitative estimate of drug-likeness (QED) is 0.814. The van der Waals surface area contributed by atoms with Gasteiger partial charge in [0.15, 0.2) is 0 Å². The molecular formula is C11H11F3N2O. The number of carbonyl (C=O) groups is 1. The molecular weight excluding hydrogens is 233 g/mol. The van der Waals surface area contributed by atoms with Crippen LogP contribution in [-0.4, -0.2) is 19.0 Å². The molecule has 0 aliphatic carbocycles. The smallest absolute Gasteiger partial charge is 0.322 e. The highest BCUT2D eigenvalue weighted by Gasteiger charge is 2.33. The zero-order valence-corrected chi connectivity index (χ0v) is 8.92. The van der Waals surface area contributed by atoms with E-state index in [0.29, 0.717) is 18.7 Å². The Balaban J connectivity index is 2.41. The van der Waals surface area contributed by atoms with E-state index in [1.165, 1.54) is 11.0 Å². The van der Waals surface area contributed by atoms with Gasteiger partial charge in [0, 0.05) is 12.2 Å². The molecule has 1 aromatic rings. The highest BCUT2D eigenvalue weighted by atomic mass is 19.4. The van der Waals surface area contributed by atoms with E-state index in [9.17, 15) is 18.0 Å². The van der Waals surface area contributed by atoms with Gasteiger partial charge in [0.1, 0.15) is 0 Å². The van der Waals surface area contributed by atoms with Crippen LogP contribution in [0, 0.1) is 0 Å². The number of hydrogen-bond donors (Lipinski definition) is 1. The molecule has 1 amide bonds. The highest BCUT2D eigenvalue weighted by Crippen LogP contribution is 2.36. The number of fused-ring (bicyclic) bond motifs is 1. The van der Waals surface area contributed by atoms with Gasteiger partial charge in [-0.1, -0.05) is 6.07 Å². The molecule has 0 unspecified atom stereocenters. The fraction of sp³-hybridized carbons (Fsp3) is 0.364. The summed E-state index contributed by atoms with van der Waals surface area (Å²) in [4.78, 5) is 12.8. The van der Waals surface area contributed by atoms with Crippen molar-refractivity contribution in [2.75, 3.05) is 18.0 Å². The van der Waals surface area contributed by atoms with Crippen molar-refractivity contribution in [3.63, 3.8) is 0 Å². The SMILES string of the molecule is NCC(=O)N1CCc2ccc(C(F)(F)F)cc21. The minimum Gasteiger partial charge on any atom is -0.322 e. The number of nitrogens with zero attached hydrogens (tertiary/aromatic N) is 1. The van der Waals surface area contributed by atoms with E-state index in [1.54, 1.807) is 0 Å². The fourth-order valence-corrected chi connectivity index (χ4v) is 1.92. The van der Waals surface area contributed by atoms with Gasteiger partial charge in [-0.25, -0.2) is 0 Å². The summed E-state index contributed by atoms with van der Waals surface area (Å²) in [5, 5.41) is 0. The highest BCUT2D eigenvalue weighted by molar-refractivity contribution is 5.96. The molecule has 3 nitrogen and oxygen atoms in total. The zero-order valence-electron chi connectivity index (χ0n) is 8.92. The fourth-order valence-electron chi connectivity index (χ4n) is 1.92. The van der Waals surface area contributed by atoms with Crippen LogP contribution < -0.4 is 10.6 Å². The predicted octanol–water partition coefficient (Wildman–Crippen LogP) is 1.55. The Morgan fingerprint density at radius 3 is 2.71 bits per heavy atom. The first-order valence-corrected chi connectivity index (χ1v) is 5.14. The number of halogens is 3. The largest absolute Gasteiger partial charge is 0.416 e. The Bertz CT molecular complexity index is 457. The minimum absolute atomic E-state index is 0.199. The van der Waals surface area contributed by atoms with Gasteiger partial charge in [0.05, 0.1) is 12.1 Å². The molecule has 17 heavy (non-hydrogen) atoms. The van der Waals surface area contributed by atoms with Gasteiger partial charge in [-0.05, 0) is 24.1 Å². The van der Waals surface area contributed by atoms with Gasteiger partial charge in [-0.15, -0.1) is 0 Å². The number of benzene rings is 1. The number of rotatable bonds is 1. The molecule has 0 bridgehead atoms. The Morgan fingerprint density at radius 2 is 2.12 bits per heavy atom. The summed E-state index contributed by atoms with van der Waals surface area (Å²) in [6.07, 6.45) is -3.83. The van der Waals surface area contributed by atoms with Crippen LogP contribution in [0.3, 0.4) is 0 Å². The predicted molar refractivity (Wildman–Crippen MR) is 56.6 cm³/mol. The lowest BCUT2D eigenvalue weighted by atomic mass is 10.1. The molecule has 2 N–H and O–H groups in total. The van der Waals surface area contributed by atoms with E-state index in [2.05, 4.69) is 0 Å². The van der Waals surface area contributed by atoms with Crippen molar-refractivity contribution in [2.45, 2.75) is 12.6 Å². The van der Waals surface area contributed by atoms with Crippen molar-refractivity contribution in [1.29, 1.82) is 0 Å². The number of anilines is 1. The van der Waals surface area contributed by atoms with Crippen molar-refractivity contribution in [2.24, 2.45) is 5.73 Å². The van der Waals surface area contributed by atoms with Gasteiger partial charge in [0.25, 0.3) is 0 Å². The van der Waals surface area contributed by atoms with E-state index in [0.717, 1.165) is 17.7 Å². The van der Waals surface area contributed by atoms with Gasteiger partial charge < -0.3 is 10.6 Å². The summed E-state index contributed by atoms with van der Waals surface area (Å²) in [5.74, 6) is -0.358. The lowest BCUT2D eigenvalue weighted by Gasteiger charge is -2.17. The first-order chi connectivity index (χ1) is 7.93. The molecule has 1 heterocycles. The lowest BCUT2D eigenvalue weighted by Crippen LogP contribution is -2.34. The van der Waals surface area contributed by atoms with Crippen LogP contribution >= 0.6 is 0 Å². The van der Waals surface area contributed by atoms with Crippen LogP contribution in [0.25, 0.3) is 0 Å². The normalized spacial score (nSPS) is 14.9. The van der Waals surface area contributed by atoms with Gasteiger partial charge >= 0.3 is 6.18 Å². The summed E-state index contributed by atoms with van der Waals surface area (Å²) in [7, 11) is 0. The second-order valence-electron chi connectivity index (χ2n) is 3.84. The van der Waals surface area contributed by atoms with Crippen molar-refractivity contribution >= 4 is 11.6 Å². The molecule has 0 aromatic heterocycles. The van der Waals surface area contributed by atoms with Crippen molar-refractivity contribution in [3.8, 4) is 0 Å². The molecule has 1 aromatic carbocycles. The second kappa shape index (κ2) is 4.03. The molecule has 0 saturated heterocycles. The summed E-state index contributed by atoms with van der Waals surface area (Å²) < 4.78 is 37.6. The molecule has 0 spiro atoms. The number of carbonyl (C=O) groups excluding carboxylic acids is 1. The molecule has 92 valence electrons. The monoisotopic (exact) mass is 244 g/mol. The van der Waals surface area contributed by atoms with E-state index < -0.39 is 11.7 Å². The molecule has 0 atom stereocenters. The maximum atomic E-state index is 12.5. The van der Waals surface area contributed by atoms with E-state index >= 15 is 0 Å². The second-order valence-corrected chi connectivity index (χ2v) is 3.84. The molecule has 1 aliphatic heterocycles. The first kappa shape index (κ1) is 11.9. The van der Waals surface area contributed by atoms with E-state index in [4.69, 9.17) is 5.73 Å². The third-order valence-electron chi connectivity index (χ3n) is 2.78. The van der Waals surface area contributed by atoms with E-state index in [-0.39, 0.29) is 12.5 Å². The lowest BCUT2D eigenvalue weighted by molar-refractivity contribution is -0.137. The van der Waals surface area contributed by atoms with Gasteiger partial charge in [-0.2, -0.15) is 13.2 Å². The average molecular weight is 244 g/mol. The van der Waals surface area contributed by atoms with Crippen LogP contribution in [-0.2, 0) is 17.4 Å². The summed E-state index contributed by atoms with van der Waals surface area (Å²) >= 11 is 0. The minimum atomic E-state index is -4.39. The van der Waals surface area contributed by atoms with Crippen LogP contribution in [0.2, 0.25) is 0 Å². The average Bonchev–Trinajstić information content (AvgIpc) is 2.69. The molecule has 0 saturated carbocycles. The van der Waals surface area contributed by atoms with E-state index in [1.807, 2.05) is 0 Å². The third-order valence-corrected chi connectivity index (χ3v) is 2.78. The maximum Gasteiger partial charge on any atom is 0.416 e. The first-order valence-electron chi connectivity index (χ1n) is 5.14. The zero-order chi connectivity index (χ0) is 12.6. The van der Waals surface area contributed by atoms with Crippen LogP contribution in [0.5, 0.6) is 0 Å². The Labute approximate surface area is 96.0 Å². The maximum absolute atomic E-state index is 12.5.